The van der Waals surface area contributed by atoms with Gasteiger partial charge in [0.05, 0.1) is 6.10 Å². The Labute approximate surface area is 82.9 Å². The maximum Gasteiger partial charge on any atom is 0.0639 e. The summed E-state index contributed by atoms with van der Waals surface area (Å²) >= 11 is 0. The first-order valence-corrected chi connectivity index (χ1v) is 5.53. The van der Waals surface area contributed by atoms with E-state index in [1.807, 2.05) is 6.92 Å². The molecule has 0 saturated heterocycles. The van der Waals surface area contributed by atoms with Crippen molar-refractivity contribution in [2.45, 2.75) is 59.1 Å². The largest absolute Gasteiger partial charge is 0.392 e. The summed E-state index contributed by atoms with van der Waals surface area (Å²) < 4.78 is 0. The van der Waals surface area contributed by atoms with E-state index in [1.54, 1.807) is 0 Å². The highest BCUT2D eigenvalue weighted by Crippen LogP contribution is 2.06. The van der Waals surface area contributed by atoms with E-state index in [-0.39, 0.29) is 6.10 Å². The number of hydrogen-bond donors (Lipinski definition) is 1. The second-order valence-corrected chi connectivity index (χ2v) is 3.95. The molecule has 80 valence electrons. The van der Waals surface area contributed by atoms with Gasteiger partial charge in [-0.1, -0.05) is 20.3 Å². The van der Waals surface area contributed by atoms with Crippen LogP contribution in [0.15, 0.2) is 0 Å². The molecule has 0 aliphatic rings. The van der Waals surface area contributed by atoms with Crippen LogP contribution in [0.1, 0.15) is 47.0 Å². The van der Waals surface area contributed by atoms with Gasteiger partial charge in [0, 0.05) is 12.6 Å². The molecule has 2 nitrogen and oxygen atoms in total. The third-order valence-corrected chi connectivity index (χ3v) is 2.51. The molecule has 0 aromatic carbocycles. The molecule has 2 heteroatoms. The summed E-state index contributed by atoms with van der Waals surface area (Å²) in [7, 11) is 0. The van der Waals surface area contributed by atoms with E-state index in [2.05, 4.69) is 25.7 Å². The van der Waals surface area contributed by atoms with Gasteiger partial charge in [0.25, 0.3) is 0 Å². The quantitative estimate of drug-likeness (QED) is 0.661. The summed E-state index contributed by atoms with van der Waals surface area (Å²) in [6.45, 7) is 10.4. The van der Waals surface area contributed by atoms with Gasteiger partial charge in [-0.2, -0.15) is 0 Å². The first-order valence-electron chi connectivity index (χ1n) is 5.53. The highest BCUT2D eigenvalue weighted by Gasteiger charge is 2.12. The molecule has 0 fully saturated rings. The lowest BCUT2D eigenvalue weighted by Crippen LogP contribution is -2.38. The molecule has 0 bridgehead atoms. The van der Waals surface area contributed by atoms with Crippen molar-refractivity contribution in [3.05, 3.63) is 0 Å². The van der Waals surface area contributed by atoms with Crippen LogP contribution in [0, 0.1) is 0 Å². The highest BCUT2D eigenvalue weighted by molar-refractivity contribution is 4.67. The molecule has 0 aliphatic heterocycles. The second-order valence-electron chi connectivity index (χ2n) is 3.95. The normalized spacial score (nSPS) is 16.2. The smallest absolute Gasteiger partial charge is 0.0639 e. The Bertz CT molecular complexity index is 115. The van der Waals surface area contributed by atoms with Gasteiger partial charge in [-0.25, -0.2) is 0 Å². The molecule has 0 aromatic heterocycles. The lowest BCUT2D eigenvalue weighted by molar-refractivity contribution is 0.100. The number of nitrogens with zero attached hydrogens (tertiary/aromatic N) is 1. The molecule has 0 saturated carbocycles. The molecule has 0 radical (unpaired) electrons. The minimum Gasteiger partial charge on any atom is -0.392 e. The van der Waals surface area contributed by atoms with Gasteiger partial charge in [0.15, 0.2) is 0 Å². The molecule has 0 rings (SSSR count). The van der Waals surface area contributed by atoms with E-state index in [0.29, 0.717) is 6.04 Å². The molecule has 2 atom stereocenters. The molecule has 1 N–H and O–H groups in total. The molecule has 13 heavy (non-hydrogen) atoms. The summed E-state index contributed by atoms with van der Waals surface area (Å²) in [5, 5.41) is 9.32. The molecular weight excluding hydrogens is 162 g/mol. The van der Waals surface area contributed by atoms with Gasteiger partial charge in [0.2, 0.25) is 0 Å². The average Bonchev–Trinajstić information content (AvgIpc) is 2.10. The SMILES string of the molecule is CCCCN(C[C@H](C)O)C(C)CC. The lowest BCUT2D eigenvalue weighted by atomic mass is 10.2. The van der Waals surface area contributed by atoms with Gasteiger partial charge in [0.1, 0.15) is 0 Å². The summed E-state index contributed by atoms with van der Waals surface area (Å²) in [6.07, 6.45) is 3.42. The van der Waals surface area contributed by atoms with Gasteiger partial charge in [-0.3, -0.25) is 4.90 Å². The minimum atomic E-state index is -0.203. The van der Waals surface area contributed by atoms with Crippen molar-refractivity contribution in [3.63, 3.8) is 0 Å². The number of hydrogen-bond acceptors (Lipinski definition) is 2. The van der Waals surface area contributed by atoms with Crippen molar-refractivity contribution in [3.8, 4) is 0 Å². The summed E-state index contributed by atoms with van der Waals surface area (Å²) in [4.78, 5) is 2.38. The van der Waals surface area contributed by atoms with E-state index in [4.69, 9.17) is 0 Å². The van der Waals surface area contributed by atoms with E-state index in [0.717, 1.165) is 19.5 Å². The van der Waals surface area contributed by atoms with E-state index in [1.165, 1.54) is 12.8 Å². The van der Waals surface area contributed by atoms with Crippen LogP contribution in [-0.4, -0.2) is 35.2 Å². The zero-order valence-corrected chi connectivity index (χ0v) is 9.58. The van der Waals surface area contributed by atoms with Crippen molar-refractivity contribution in [2.75, 3.05) is 13.1 Å². The molecular formula is C11H25NO. The van der Waals surface area contributed by atoms with E-state index >= 15 is 0 Å². The fourth-order valence-electron chi connectivity index (χ4n) is 1.45. The number of unbranched alkanes of at least 4 members (excludes halogenated alkanes) is 1. The van der Waals surface area contributed by atoms with Gasteiger partial charge < -0.3 is 5.11 Å². The topological polar surface area (TPSA) is 23.5 Å². The predicted molar refractivity (Wildman–Crippen MR) is 57.9 cm³/mol. The highest BCUT2D eigenvalue weighted by atomic mass is 16.3. The third kappa shape index (κ3) is 6.05. The van der Waals surface area contributed by atoms with Crippen LogP contribution in [0.25, 0.3) is 0 Å². The third-order valence-electron chi connectivity index (χ3n) is 2.51. The second kappa shape index (κ2) is 7.34. The van der Waals surface area contributed by atoms with Crippen LogP contribution in [0.3, 0.4) is 0 Å². The molecule has 0 spiro atoms. The van der Waals surface area contributed by atoms with Crippen LogP contribution < -0.4 is 0 Å². The van der Waals surface area contributed by atoms with Crippen molar-refractivity contribution in [1.29, 1.82) is 0 Å². The van der Waals surface area contributed by atoms with Crippen LogP contribution in [0.5, 0.6) is 0 Å². The van der Waals surface area contributed by atoms with Gasteiger partial charge in [-0.05, 0) is 33.2 Å². The van der Waals surface area contributed by atoms with Crippen LogP contribution in [-0.2, 0) is 0 Å². The maximum absolute atomic E-state index is 9.32. The van der Waals surface area contributed by atoms with E-state index < -0.39 is 0 Å². The minimum absolute atomic E-state index is 0.203. The Hall–Kier alpha value is -0.0800. The fraction of sp³-hybridized carbons (Fsp3) is 1.00. The van der Waals surface area contributed by atoms with Crippen molar-refractivity contribution < 1.29 is 5.11 Å². The lowest BCUT2D eigenvalue weighted by Gasteiger charge is -2.29. The molecule has 0 aromatic rings. The summed E-state index contributed by atoms with van der Waals surface area (Å²) in [5.74, 6) is 0. The predicted octanol–water partition coefficient (Wildman–Crippen LogP) is 2.27. The Morgan fingerprint density at radius 3 is 2.23 bits per heavy atom. The molecule has 0 heterocycles. The monoisotopic (exact) mass is 187 g/mol. The standard InChI is InChI=1S/C11H25NO/c1-5-7-8-12(9-11(4)13)10(3)6-2/h10-11,13H,5-9H2,1-4H3/t10?,11-/m0/s1. The summed E-state index contributed by atoms with van der Waals surface area (Å²) in [5.41, 5.74) is 0. The molecule has 0 aliphatic carbocycles. The van der Waals surface area contributed by atoms with Crippen LogP contribution in [0.2, 0.25) is 0 Å². The van der Waals surface area contributed by atoms with Gasteiger partial charge in [-0.15, -0.1) is 0 Å². The zero-order valence-electron chi connectivity index (χ0n) is 9.58. The average molecular weight is 187 g/mol. The Balaban J connectivity index is 3.87. The Morgan fingerprint density at radius 1 is 1.23 bits per heavy atom. The number of aliphatic hydroxyl groups is 1. The Kier molecular flexibility index (Phi) is 7.29. The summed E-state index contributed by atoms with van der Waals surface area (Å²) in [6, 6.07) is 0.598. The number of rotatable bonds is 7. The van der Waals surface area contributed by atoms with Crippen LogP contribution >= 0.6 is 0 Å². The Morgan fingerprint density at radius 2 is 1.85 bits per heavy atom. The van der Waals surface area contributed by atoms with Crippen LogP contribution in [0.4, 0.5) is 0 Å². The first-order chi connectivity index (χ1) is 6.11. The molecule has 0 amide bonds. The number of aliphatic hydroxyl groups excluding tert-OH is 1. The first kappa shape index (κ1) is 12.9. The fourth-order valence-corrected chi connectivity index (χ4v) is 1.45. The van der Waals surface area contributed by atoms with Crippen molar-refractivity contribution in [2.24, 2.45) is 0 Å². The van der Waals surface area contributed by atoms with Crippen molar-refractivity contribution >= 4 is 0 Å². The van der Waals surface area contributed by atoms with E-state index in [9.17, 15) is 5.11 Å². The molecule has 1 unspecified atom stereocenters. The van der Waals surface area contributed by atoms with Crippen molar-refractivity contribution in [1.82, 2.24) is 4.90 Å². The maximum atomic E-state index is 9.32. The zero-order chi connectivity index (χ0) is 10.3. The van der Waals surface area contributed by atoms with Gasteiger partial charge >= 0.3 is 0 Å².